The predicted molar refractivity (Wildman–Crippen MR) is 50.5 cm³/mol. The van der Waals surface area contributed by atoms with Gasteiger partial charge in [-0.3, -0.25) is 4.79 Å². The van der Waals surface area contributed by atoms with E-state index in [1.54, 1.807) is 0 Å². The van der Waals surface area contributed by atoms with Crippen LogP contribution in [0.25, 0.3) is 0 Å². The van der Waals surface area contributed by atoms with Gasteiger partial charge in [-0.1, -0.05) is 16.9 Å². The van der Waals surface area contributed by atoms with E-state index in [9.17, 15) is 4.79 Å². The van der Waals surface area contributed by atoms with Crippen LogP contribution in [0.15, 0.2) is 16.9 Å². The Morgan fingerprint density at radius 1 is 1.75 bits per heavy atom. The fourth-order valence-electron chi connectivity index (χ4n) is 0.848. The predicted octanol–water partition coefficient (Wildman–Crippen LogP) is 1.58. The molecule has 0 bridgehead atoms. The van der Waals surface area contributed by atoms with Crippen molar-refractivity contribution in [2.24, 2.45) is 0 Å². The number of hydrogen-bond acceptors (Lipinski definition) is 3. The molecule has 0 unspecified atom stereocenters. The monoisotopic (exact) mass is 184 g/mol. The second-order valence-corrected chi connectivity index (χ2v) is 3.96. The van der Waals surface area contributed by atoms with Crippen LogP contribution in [0.1, 0.15) is 18.4 Å². The molecular weight excluding hydrogens is 172 g/mol. The molecule has 4 heteroatoms. The van der Waals surface area contributed by atoms with E-state index in [-0.39, 0.29) is 4.87 Å². The second kappa shape index (κ2) is 3.67. The SMILES string of the molecule is C=C(C)CCn1nc(C)sc1=O. The molecule has 0 amide bonds. The lowest BCUT2D eigenvalue weighted by molar-refractivity contribution is 0.592. The summed E-state index contributed by atoms with van der Waals surface area (Å²) in [7, 11) is 0. The minimum atomic E-state index is 0.0220. The molecule has 12 heavy (non-hydrogen) atoms. The highest BCUT2D eigenvalue weighted by molar-refractivity contribution is 7.08. The van der Waals surface area contributed by atoms with Gasteiger partial charge in [-0.05, 0) is 20.3 Å². The molecule has 0 aromatic carbocycles. The Morgan fingerprint density at radius 3 is 2.83 bits per heavy atom. The molecule has 0 aliphatic heterocycles. The summed E-state index contributed by atoms with van der Waals surface area (Å²) < 4.78 is 1.49. The van der Waals surface area contributed by atoms with Crippen LogP contribution in [0.2, 0.25) is 0 Å². The zero-order chi connectivity index (χ0) is 9.14. The molecule has 0 aliphatic rings. The van der Waals surface area contributed by atoms with Crippen LogP contribution in [-0.2, 0) is 6.54 Å². The lowest BCUT2D eigenvalue weighted by Crippen LogP contribution is -2.14. The minimum absolute atomic E-state index is 0.0220. The summed E-state index contributed by atoms with van der Waals surface area (Å²) in [4.78, 5) is 11.2. The molecule has 1 rings (SSSR count). The van der Waals surface area contributed by atoms with Gasteiger partial charge < -0.3 is 0 Å². The number of aromatic nitrogens is 2. The van der Waals surface area contributed by atoms with E-state index < -0.39 is 0 Å². The Labute approximate surface area is 75.4 Å². The third-order valence-corrected chi connectivity index (χ3v) is 2.22. The van der Waals surface area contributed by atoms with Crippen molar-refractivity contribution in [3.8, 4) is 0 Å². The molecule has 0 radical (unpaired) electrons. The van der Waals surface area contributed by atoms with Crippen molar-refractivity contribution in [3.05, 3.63) is 26.8 Å². The van der Waals surface area contributed by atoms with Crippen LogP contribution in [0, 0.1) is 6.92 Å². The molecule has 0 fully saturated rings. The summed E-state index contributed by atoms with van der Waals surface area (Å²) in [5, 5.41) is 4.88. The molecule has 0 saturated heterocycles. The van der Waals surface area contributed by atoms with Crippen molar-refractivity contribution in [1.82, 2.24) is 9.78 Å². The summed E-state index contributed by atoms with van der Waals surface area (Å²) in [5.74, 6) is 0. The van der Waals surface area contributed by atoms with Crippen molar-refractivity contribution in [1.29, 1.82) is 0 Å². The summed E-state index contributed by atoms with van der Waals surface area (Å²) in [6.45, 7) is 8.20. The van der Waals surface area contributed by atoms with Crippen LogP contribution in [-0.4, -0.2) is 9.78 Å². The van der Waals surface area contributed by atoms with Crippen LogP contribution in [0.5, 0.6) is 0 Å². The number of hydrogen-bond donors (Lipinski definition) is 0. The van der Waals surface area contributed by atoms with E-state index in [1.807, 2.05) is 13.8 Å². The first-order chi connectivity index (χ1) is 5.59. The van der Waals surface area contributed by atoms with Gasteiger partial charge in [0.15, 0.2) is 0 Å². The van der Waals surface area contributed by atoms with Crippen LogP contribution in [0.4, 0.5) is 0 Å². The molecule has 0 spiro atoms. The quantitative estimate of drug-likeness (QED) is 0.668. The summed E-state index contributed by atoms with van der Waals surface area (Å²) in [5.41, 5.74) is 1.08. The average Bonchev–Trinajstić information content (AvgIpc) is 2.26. The molecule has 0 atom stereocenters. The molecular formula is C8H12N2OS. The molecule has 3 nitrogen and oxygen atoms in total. The summed E-state index contributed by atoms with van der Waals surface area (Å²) in [6.07, 6.45) is 0.822. The van der Waals surface area contributed by atoms with Crippen LogP contribution >= 0.6 is 11.3 Å². The van der Waals surface area contributed by atoms with Crippen molar-refractivity contribution in [2.75, 3.05) is 0 Å². The van der Waals surface area contributed by atoms with Crippen LogP contribution < -0.4 is 4.87 Å². The van der Waals surface area contributed by atoms with Crippen molar-refractivity contribution in [3.63, 3.8) is 0 Å². The normalized spacial score (nSPS) is 10.2. The highest BCUT2D eigenvalue weighted by Crippen LogP contribution is 1.99. The Hall–Kier alpha value is -0.900. The van der Waals surface area contributed by atoms with E-state index in [0.29, 0.717) is 6.54 Å². The first kappa shape index (κ1) is 9.19. The highest BCUT2D eigenvalue weighted by atomic mass is 32.1. The minimum Gasteiger partial charge on any atom is -0.255 e. The van der Waals surface area contributed by atoms with E-state index in [4.69, 9.17) is 0 Å². The lowest BCUT2D eigenvalue weighted by Gasteiger charge is -1.97. The smallest absolute Gasteiger partial charge is 0.255 e. The third-order valence-electron chi connectivity index (χ3n) is 1.46. The zero-order valence-electron chi connectivity index (χ0n) is 7.33. The fourth-order valence-corrected chi connectivity index (χ4v) is 1.48. The van der Waals surface area contributed by atoms with Gasteiger partial charge in [0, 0.05) is 6.54 Å². The molecule has 0 saturated carbocycles. The number of allylic oxidation sites excluding steroid dienone is 1. The van der Waals surface area contributed by atoms with Crippen molar-refractivity contribution < 1.29 is 0 Å². The average molecular weight is 184 g/mol. The van der Waals surface area contributed by atoms with Gasteiger partial charge in [-0.2, -0.15) is 5.10 Å². The van der Waals surface area contributed by atoms with E-state index >= 15 is 0 Å². The van der Waals surface area contributed by atoms with Crippen molar-refractivity contribution >= 4 is 11.3 Å². The first-order valence-corrected chi connectivity index (χ1v) is 4.60. The Kier molecular flexibility index (Phi) is 2.81. The van der Waals surface area contributed by atoms with E-state index in [2.05, 4.69) is 11.7 Å². The van der Waals surface area contributed by atoms with Gasteiger partial charge in [0.05, 0.1) is 0 Å². The van der Waals surface area contributed by atoms with Gasteiger partial charge in [0.2, 0.25) is 0 Å². The van der Waals surface area contributed by atoms with Gasteiger partial charge in [-0.25, -0.2) is 4.68 Å². The summed E-state index contributed by atoms with van der Waals surface area (Å²) >= 11 is 1.19. The maximum atomic E-state index is 11.1. The van der Waals surface area contributed by atoms with Gasteiger partial charge in [-0.15, -0.1) is 6.58 Å². The molecule has 1 heterocycles. The van der Waals surface area contributed by atoms with Gasteiger partial charge in [0.1, 0.15) is 5.01 Å². The number of nitrogens with zero attached hydrogens (tertiary/aromatic N) is 2. The largest absolute Gasteiger partial charge is 0.325 e. The standard InChI is InChI=1S/C8H12N2OS/c1-6(2)4-5-10-8(11)12-7(3)9-10/h1,4-5H2,2-3H3. The van der Waals surface area contributed by atoms with E-state index in [0.717, 1.165) is 17.0 Å². The topological polar surface area (TPSA) is 34.9 Å². The summed E-state index contributed by atoms with van der Waals surface area (Å²) in [6, 6.07) is 0. The molecule has 0 aliphatic carbocycles. The number of rotatable bonds is 3. The lowest BCUT2D eigenvalue weighted by atomic mass is 10.2. The molecule has 1 aromatic rings. The molecule has 66 valence electrons. The molecule has 0 N–H and O–H groups in total. The second-order valence-electron chi connectivity index (χ2n) is 2.82. The van der Waals surface area contributed by atoms with E-state index in [1.165, 1.54) is 16.0 Å². The maximum absolute atomic E-state index is 11.1. The third kappa shape index (κ3) is 2.30. The number of aryl methyl sites for hydroxylation is 2. The van der Waals surface area contributed by atoms with Crippen molar-refractivity contribution in [2.45, 2.75) is 26.8 Å². The zero-order valence-corrected chi connectivity index (χ0v) is 8.15. The first-order valence-electron chi connectivity index (χ1n) is 3.78. The Balaban J connectivity index is 2.69. The van der Waals surface area contributed by atoms with Gasteiger partial charge in [0.25, 0.3) is 0 Å². The molecule has 1 aromatic heterocycles. The fraction of sp³-hybridized carbons (Fsp3) is 0.500. The highest BCUT2D eigenvalue weighted by Gasteiger charge is 2.00. The maximum Gasteiger partial charge on any atom is 0.325 e. The van der Waals surface area contributed by atoms with Crippen LogP contribution in [0.3, 0.4) is 0 Å². The Morgan fingerprint density at radius 2 is 2.42 bits per heavy atom. The van der Waals surface area contributed by atoms with Gasteiger partial charge >= 0.3 is 4.87 Å². The Bertz CT molecular complexity index is 337.